The van der Waals surface area contributed by atoms with Crippen molar-refractivity contribution in [1.82, 2.24) is 10.2 Å². The fraction of sp³-hybridized carbons (Fsp3) is 0.385. The summed E-state index contributed by atoms with van der Waals surface area (Å²) in [5.74, 6) is 0. The zero-order valence-electron chi connectivity index (χ0n) is 10.7. The highest BCUT2D eigenvalue weighted by Crippen LogP contribution is 2.27. The molecule has 0 aliphatic rings. The summed E-state index contributed by atoms with van der Waals surface area (Å²) in [5.41, 5.74) is 1.18. The van der Waals surface area contributed by atoms with Gasteiger partial charge in [0.1, 0.15) is 5.01 Å². The van der Waals surface area contributed by atoms with Crippen LogP contribution in [0.5, 0.6) is 0 Å². The summed E-state index contributed by atoms with van der Waals surface area (Å²) in [5, 5.41) is 14.2. The van der Waals surface area contributed by atoms with Gasteiger partial charge in [-0.3, -0.25) is 0 Å². The summed E-state index contributed by atoms with van der Waals surface area (Å²) in [6, 6.07) is 7.79. The number of benzene rings is 1. The molecule has 0 amide bonds. The number of nitrogens with one attached hydrogen (secondary N) is 1. The highest BCUT2D eigenvalue weighted by molar-refractivity contribution is 7.15. The highest BCUT2D eigenvalue weighted by atomic mass is 35.5. The predicted octanol–water partition coefficient (Wildman–Crippen LogP) is 4.10. The minimum absolute atomic E-state index is 0.0493. The van der Waals surface area contributed by atoms with Crippen molar-refractivity contribution >= 4 is 28.1 Å². The van der Waals surface area contributed by atoms with Gasteiger partial charge in [-0.1, -0.05) is 55.8 Å². The summed E-state index contributed by atoms with van der Waals surface area (Å²) >= 11 is 7.53. The topological polar surface area (TPSA) is 37.8 Å². The molecule has 0 spiro atoms. The molecule has 0 bridgehead atoms. The minimum Gasteiger partial charge on any atom is -0.356 e. The Labute approximate surface area is 116 Å². The van der Waals surface area contributed by atoms with E-state index in [0.29, 0.717) is 6.54 Å². The van der Waals surface area contributed by atoms with E-state index in [9.17, 15) is 0 Å². The van der Waals surface area contributed by atoms with E-state index < -0.39 is 0 Å². The fourth-order valence-corrected chi connectivity index (χ4v) is 2.43. The third kappa shape index (κ3) is 3.43. The second-order valence-electron chi connectivity index (χ2n) is 5.15. The average molecular weight is 282 g/mol. The van der Waals surface area contributed by atoms with Crippen LogP contribution >= 0.6 is 22.9 Å². The molecule has 0 atom stereocenters. The van der Waals surface area contributed by atoms with Gasteiger partial charge in [0.15, 0.2) is 0 Å². The number of halogens is 1. The third-order valence-electron chi connectivity index (χ3n) is 2.40. The van der Waals surface area contributed by atoms with Gasteiger partial charge in [-0.05, 0) is 17.7 Å². The van der Waals surface area contributed by atoms with Gasteiger partial charge in [0.2, 0.25) is 5.13 Å². The maximum absolute atomic E-state index is 5.94. The van der Waals surface area contributed by atoms with E-state index in [-0.39, 0.29) is 5.41 Å². The Morgan fingerprint density at radius 1 is 1.28 bits per heavy atom. The van der Waals surface area contributed by atoms with Crippen molar-refractivity contribution in [1.29, 1.82) is 0 Å². The fourth-order valence-electron chi connectivity index (χ4n) is 1.42. The molecule has 2 rings (SSSR count). The van der Waals surface area contributed by atoms with Crippen LogP contribution in [-0.2, 0) is 12.0 Å². The SMILES string of the molecule is CC(C)(C)c1nnc(NCc2cccc(Cl)c2)s1. The van der Waals surface area contributed by atoms with Gasteiger partial charge >= 0.3 is 0 Å². The van der Waals surface area contributed by atoms with Crippen molar-refractivity contribution in [2.45, 2.75) is 32.7 Å². The third-order valence-corrected chi connectivity index (χ3v) is 3.94. The zero-order valence-corrected chi connectivity index (χ0v) is 12.3. The van der Waals surface area contributed by atoms with Crippen molar-refractivity contribution in [2.24, 2.45) is 0 Å². The number of hydrogen-bond acceptors (Lipinski definition) is 4. The number of aromatic nitrogens is 2. The monoisotopic (exact) mass is 281 g/mol. The summed E-state index contributed by atoms with van der Waals surface area (Å²) in [6.07, 6.45) is 0. The Morgan fingerprint density at radius 3 is 2.67 bits per heavy atom. The number of hydrogen-bond donors (Lipinski definition) is 1. The average Bonchev–Trinajstić information content (AvgIpc) is 2.74. The molecule has 96 valence electrons. The van der Waals surface area contributed by atoms with Crippen molar-refractivity contribution in [3.8, 4) is 0 Å². The second kappa shape index (κ2) is 5.24. The number of rotatable bonds is 3. The first-order chi connectivity index (χ1) is 8.45. The molecule has 1 heterocycles. The van der Waals surface area contributed by atoms with Crippen LogP contribution < -0.4 is 5.32 Å². The van der Waals surface area contributed by atoms with Crippen LogP contribution in [0.4, 0.5) is 5.13 Å². The molecule has 1 N–H and O–H groups in total. The van der Waals surface area contributed by atoms with Crippen LogP contribution in [0.3, 0.4) is 0 Å². The second-order valence-corrected chi connectivity index (χ2v) is 6.56. The number of nitrogens with zero attached hydrogens (tertiary/aromatic N) is 2. The molecule has 2 aromatic rings. The molecule has 1 aromatic heterocycles. The molecule has 0 radical (unpaired) electrons. The minimum atomic E-state index is 0.0493. The van der Waals surface area contributed by atoms with E-state index in [0.717, 1.165) is 20.7 Å². The molecule has 0 saturated heterocycles. The summed E-state index contributed by atoms with van der Waals surface area (Å²) in [7, 11) is 0. The summed E-state index contributed by atoms with van der Waals surface area (Å²) in [6.45, 7) is 7.11. The van der Waals surface area contributed by atoms with E-state index in [2.05, 4.69) is 36.3 Å². The van der Waals surface area contributed by atoms with Crippen LogP contribution in [0.1, 0.15) is 31.3 Å². The van der Waals surface area contributed by atoms with Crippen LogP contribution in [0, 0.1) is 0 Å². The normalized spacial score (nSPS) is 11.6. The molecular formula is C13H16ClN3S. The van der Waals surface area contributed by atoms with E-state index >= 15 is 0 Å². The zero-order chi connectivity index (χ0) is 13.2. The maximum atomic E-state index is 5.94. The molecule has 1 aromatic carbocycles. The van der Waals surface area contributed by atoms with Crippen molar-refractivity contribution in [3.63, 3.8) is 0 Å². The largest absolute Gasteiger partial charge is 0.356 e. The maximum Gasteiger partial charge on any atom is 0.205 e. The Bertz CT molecular complexity index is 531. The smallest absolute Gasteiger partial charge is 0.205 e. The van der Waals surface area contributed by atoms with Gasteiger partial charge in [0.05, 0.1) is 0 Å². The lowest BCUT2D eigenvalue weighted by Gasteiger charge is -2.12. The summed E-state index contributed by atoms with van der Waals surface area (Å²) < 4.78 is 0. The van der Waals surface area contributed by atoms with Crippen LogP contribution in [0.15, 0.2) is 24.3 Å². The molecule has 18 heavy (non-hydrogen) atoms. The Balaban J connectivity index is 2.01. The molecular weight excluding hydrogens is 266 g/mol. The van der Waals surface area contributed by atoms with E-state index in [1.807, 2.05) is 24.3 Å². The van der Waals surface area contributed by atoms with Gasteiger partial charge in [-0.2, -0.15) is 0 Å². The molecule has 0 unspecified atom stereocenters. The van der Waals surface area contributed by atoms with E-state index in [4.69, 9.17) is 11.6 Å². The Morgan fingerprint density at radius 2 is 2.06 bits per heavy atom. The molecule has 0 aliphatic heterocycles. The standard InChI is InChI=1S/C13H16ClN3S/c1-13(2,3)11-16-17-12(18-11)15-8-9-5-4-6-10(14)7-9/h4-7H,8H2,1-3H3,(H,15,17). The van der Waals surface area contributed by atoms with Gasteiger partial charge in [0.25, 0.3) is 0 Å². The van der Waals surface area contributed by atoms with Crippen LogP contribution in [-0.4, -0.2) is 10.2 Å². The molecule has 3 nitrogen and oxygen atoms in total. The van der Waals surface area contributed by atoms with E-state index in [1.165, 1.54) is 0 Å². The molecule has 0 saturated carbocycles. The highest BCUT2D eigenvalue weighted by Gasteiger charge is 2.19. The molecule has 0 aliphatic carbocycles. The first-order valence-corrected chi connectivity index (χ1v) is 6.97. The Hall–Kier alpha value is -1.13. The summed E-state index contributed by atoms with van der Waals surface area (Å²) in [4.78, 5) is 0. The molecule has 0 fully saturated rings. The van der Waals surface area contributed by atoms with Crippen molar-refractivity contribution in [2.75, 3.05) is 5.32 Å². The number of anilines is 1. The lowest BCUT2D eigenvalue weighted by molar-refractivity contribution is 0.578. The lowest BCUT2D eigenvalue weighted by atomic mass is 9.98. The lowest BCUT2D eigenvalue weighted by Crippen LogP contribution is -2.10. The predicted molar refractivity (Wildman–Crippen MR) is 77.4 cm³/mol. The van der Waals surface area contributed by atoms with Crippen molar-refractivity contribution in [3.05, 3.63) is 39.9 Å². The first-order valence-electron chi connectivity index (χ1n) is 5.77. The van der Waals surface area contributed by atoms with Gasteiger partial charge in [0, 0.05) is 17.0 Å². The van der Waals surface area contributed by atoms with Gasteiger partial charge in [-0.25, -0.2) is 0 Å². The van der Waals surface area contributed by atoms with Gasteiger partial charge < -0.3 is 5.32 Å². The Kier molecular flexibility index (Phi) is 3.88. The van der Waals surface area contributed by atoms with Crippen LogP contribution in [0.2, 0.25) is 5.02 Å². The quantitative estimate of drug-likeness (QED) is 0.920. The van der Waals surface area contributed by atoms with Crippen molar-refractivity contribution < 1.29 is 0 Å². The first kappa shape index (κ1) is 13.3. The van der Waals surface area contributed by atoms with E-state index in [1.54, 1.807) is 11.3 Å². The van der Waals surface area contributed by atoms with Gasteiger partial charge in [-0.15, -0.1) is 10.2 Å². The molecule has 5 heteroatoms. The van der Waals surface area contributed by atoms with Crippen LogP contribution in [0.25, 0.3) is 0 Å².